The number of piperidine rings is 2. The molecule has 1 aromatic rings. The number of carbonyl (C=O) groups excluding carboxylic acids is 1. The second-order valence-electron chi connectivity index (χ2n) is 8.35. The van der Waals surface area contributed by atoms with Gasteiger partial charge < -0.3 is 15.1 Å². The van der Waals surface area contributed by atoms with Crippen LogP contribution in [0.3, 0.4) is 0 Å². The van der Waals surface area contributed by atoms with E-state index in [0.717, 1.165) is 32.0 Å². The highest BCUT2D eigenvalue weighted by atomic mass is 19.1. The maximum Gasteiger partial charge on any atom is 0.251 e. The topological polar surface area (TPSA) is 35.6 Å². The Morgan fingerprint density at radius 3 is 2.31 bits per heavy atom. The molecule has 2 heterocycles. The van der Waals surface area contributed by atoms with E-state index in [2.05, 4.69) is 15.1 Å². The molecular formula is C21H30FN3O. The summed E-state index contributed by atoms with van der Waals surface area (Å²) >= 11 is 0. The van der Waals surface area contributed by atoms with Gasteiger partial charge in [0.05, 0.1) is 5.69 Å². The van der Waals surface area contributed by atoms with Crippen molar-refractivity contribution in [2.24, 2.45) is 5.41 Å². The Hall–Kier alpha value is -1.62. The van der Waals surface area contributed by atoms with Crippen molar-refractivity contribution in [1.82, 2.24) is 10.2 Å². The van der Waals surface area contributed by atoms with E-state index in [4.69, 9.17) is 0 Å². The number of benzene rings is 1. The van der Waals surface area contributed by atoms with Gasteiger partial charge in [-0.2, -0.15) is 0 Å². The fourth-order valence-electron chi connectivity index (χ4n) is 4.89. The van der Waals surface area contributed by atoms with Gasteiger partial charge in [-0.05, 0) is 75.2 Å². The lowest BCUT2D eigenvalue weighted by molar-refractivity contribution is 0.0305. The molecule has 1 aliphatic carbocycles. The fourth-order valence-corrected chi connectivity index (χ4v) is 4.89. The van der Waals surface area contributed by atoms with Gasteiger partial charge in [-0.15, -0.1) is 0 Å². The zero-order chi connectivity index (χ0) is 18.1. The summed E-state index contributed by atoms with van der Waals surface area (Å²) in [4.78, 5) is 16.5. The zero-order valence-corrected chi connectivity index (χ0v) is 15.8. The number of hydrogen-bond donors (Lipinski definition) is 1. The first-order valence-corrected chi connectivity index (χ1v) is 10.1. The smallest absolute Gasteiger partial charge is 0.251 e. The van der Waals surface area contributed by atoms with Crippen molar-refractivity contribution in [3.05, 3.63) is 29.6 Å². The molecule has 0 aromatic heterocycles. The van der Waals surface area contributed by atoms with Crippen LogP contribution in [0.4, 0.5) is 10.1 Å². The molecule has 2 saturated heterocycles. The van der Waals surface area contributed by atoms with Gasteiger partial charge in [-0.25, -0.2) is 4.39 Å². The highest BCUT2D eigenvalue weighted by Crippen LogP contribution is 2.43. The fraction of sp³-hybridized carbons (Fsp3) is 0.667. The van der Waals surface area contributed by atoms with Gasteiger partial charge in [0, 0.05) is 31.7 Å². The number of carbonyl (C=O) groups is 1. The first-order chi connectivity index (χ1) is 12.6. The van der Waals surface area contributed by atoms with Crippen molar-refractivity contribution in [1.29, 1.82) is 0 Å². The van der Waals surface area contributed by atoms with E-state index in [9.17, 15) is 9.18 Å². The molecule has 0 unspecified atom stereocenters. The Kier molecular flexibility index (Phi) is 4.91. The Morgan fingerprint density at radius 2 is 1.77 bits per heavy atom. The lowest BCUT2D eigenvalue weighted by atomic mass is 9.70. The van der Waals surface area contributed by atoms with Gasteiger partial charge in [0.25, 0.3) is 5.91 Å². The number of nitrogens with zero attached hydrogens (tertiary/aromatic N) is 2. The molecule has 3 aliphatic rings. The summed E-state index contributed by atoms with van der Waals surface area (Å²) in [6.45, 7) is 4.33. The third-order valence-electron chi connectivity index (χ3n) is 7.05. The molecule has 3 fully saturated rings. The number of halogens is 1. The van der Waals surface area contributed by atoms with Crippen molar-refractivity contribution < 1.29 is 9.18 Å². The minimum absolute atomic E-state index is 0.244. The Bertz CT molecular complexity index is 655. The predicted molar refractivity (Wildman–Crippen MR) is 102 cm³/mol. The van der Waals surface area contributed by atoms with Crippen molar-refractivity contribution >= 4 is 11.6 Å². The van der Waals surface area contributed by atoms with Gasteiger partial charge >= 0.3 is 0 Å². The standard InChI is InChI=1S/C21H30FN3O/c1-23-20(26)16-5-6-19(18(22)15-16)25-13-9-21(10-14-25)7-11-24(12-8-21)17-3-2-4-17/h5-6,15,17H,2-4,7-14H2,1H3,(H,23,26). The van der Waals surface area contributed by atoms with Gasteiger partial charge in [0.2, 0.25) is 0 Å². The average Bonchev–Trinajstić information content (AvgIpc) is 2.62. The number of anilines is 1. The van der Waals surface area contributed by atoms with Crippen LogP contribution in [0, 0.1) is 11.2 Å². The zero-order valence-electron chi connectivity index (χ0n) is 15.8. The van der Waals surface area contributed by atoms with E-state index in [-0.39, 0.29) is 11.7 Å². The van der Waals surface area contributed by atoms with Crippen LogP contribution in [0.5, 0.6) is 0 Å². The summed E-state index contributed by atoms with van der Waals surface area (Å²) in [6.07, 6.45) is 9.11. The minimum atomic E-state index is -0.290. The molecule has 2 aliphatic heterocycles. The summed E-state index contributed by atoms with van der Waals surface area (Å²) < 4.78 is 14.5. The number of hydrogen-bond acceptors (Lipinski definition) is 3. The van der Waals surface area contributed by atoms with E-state index < -0.39 is 0 Å². The molecule has 26 heavy (non-hydrogen) atoms. The molecule has 4 nitrogen and oxygen atoms in total. The molecule has 5 heteroatoms. The second kappa shape index (κ2) is 7.18. The Labute approximate surface area is 155 Å². The molecule has 0 bridgehead atoms. The normalized spacial score (nSPS) is 23.7. The predicted octanol–water partition coefficient (Wildman–Crippen LogP) is 3.42. The monoisotopic (exact) mass is 359 g/mol. The van der Waals surface area contributed by atoms with Gasteiger partial charge in [-0.3, -0.25) is 4.79 Å². The number of amides is 1. The molecule has 1 spiro atoms. The highest BCUT2D eigenvalue weighted by molar-refractivity contribution is 5.94. The maximum atomic E-state index is 14.5. The van der Waals surface area contributed by atoms with Crippen molar-refractivity contribution in [3.8, 4) is 0 Å². The van der Waals surface area contributed by atoms with Crippen molar-refractivity contribution in [3.63, 3.8) is 0 Å². The first-order valence-electron chi connectivity index (χ1n) is 10.1. The molecule has 1 saturated carbocycles. The second-order valence-corrected chi connectivity index (χ2v) is 8.35. The van der Waals surface area contributed by atoms with Gasteiger partial charge in [0.1, 0.15) is 5.82 Å². The van der Waals surface area contributed by atoms with Crippen LogP contribution in [0.1, 0.15) is 55.3 Å². The van der Waals surface area contributed by atoms with Gasteiger partial charge in [-0.1, -0.05) is 6.42 Å². The molecule has 4 rings (SSSR count). The van der Waals surface area contributed by atoms with E-state index in [1.807, 2.05) is 0 Å². The molecule has 1 amide bonds. The van der Waals surface area contributed by atoms with Crippen molar-refractivity contribution in [2.45, 2.75) is 51.0 Å². The number of likely N-dealkylation sites (tertiary alicyclic amines) is 1. The largest absolute Gasteiger partial charge is 0.369 e. The molecule has 0 atom stereocenters. The summed E-state index contributed by atoms with van der Waals surface area (Å²) in [5, 5.41) is 2.54. The molecule has 1 aromatic carbocycles. The van der Waals surface area contributed by atoms with Crippen LogP contribution in [0.2, 0.25) is 0 Å². The van der Waals surface area contributed by atoms with Crippen molar-refractivity contribution in [2.75, 3.05) is 38.1 Å². The first kappa shape index (κ1) is 17.8. The Balaban J connectivity index is 1.36. The summed E-state index contributed by atoms with van der Waals surface area (Å²) in [5.41, 5.74) is 1.49. The lowest BCUT2D eigenvalue weighted by Crippen LogP contribution is -2.51. The maximum absolute atomic E-state index is 14.5. The number of rotatable bonds is 3. The van der Waals surface area contributed by atoms with Crippen LogP contribution in [-0.2, 0) is 0 Å². The third-order valence-corrected chi connectivity index (χ3v) is 7.05. The van der Waals surface area contributed by atoms with E-state index in [0.29, 0.717) is 16.7 Å². The third kappa shape index (κ3) is 3.34. The van der Waals surface area contributed by atoms with E-state index in [1.54, 1.807) is 19.2 Å². The van der Waals surface area contributed by atoms with Crippen LogP contribution < -0.4 is 10.2 Å². The average molecular weight is 359 g/mol. The molecular weight excluding hydrogens is 329 g/mol. The number of nitrogens with one attached hydrogen (secondary N) is 1. The van der Waals surface area contributed by atoms with Crippen LogP contribution in [0.15, 0.2) is 18.2 Å². The summed E-state index contributed by atoms with van der Waals surface area (Å²) in [7, 11) is 1.56. The van der Waals surface area contributed by atoms with Crippen LogP contribution in [0.25, 0.3) is 0 Å². The molecule has 1 N–H and O–H groups in total. The van der Waals surface area contributed by atoms with E-state index >= 15 is 0 Å². The van der Waals surface area contributed by atoms with Crippen LogP contribution >= 0.6 is 0 Å². The highest BCUT2D eigenvalue weighted by Gasteiger charge is 2.39. The van der Waals surface area contributed by atoms with Gasteiger partial charge in [0.15, 0.2) is 0 Å². The molecule has 0 radical (unpaired) electrons. The Morgan fingerprint density at radius 1 is 1.12 bits per heavy atom. The minimum Gasteiger partial charge on any atom is -0.369 e. The molecule has 142 valence electrons. The summed E-state index contributed by atoms with van der Waals surface area (Å²) in [5.74, 6) is -0.534. The summed E-state index contributed by atoms with van der Waals surface area (Å²) in [6, 6.07) is 5.70. The SMILES string of the molecule is CNC(=O)c1ccc(N2CCC3(CC2)CCN(C2CCC2)CC3)c(F)c1. The lowest BCUT2D eigenvalue weighted by Gasteiger charge is -2.50. The quantitative estimate of drug-likeness (QED) is 0.898. The van der Waals surface area contributed by atoms with E-state index in [1.165, 1.54) is 51.3 Å². The van der Waals surface area contributed by atoms with Crippen LogP contribution in [-0.4, -0.2) is 50.1 Å².